The van der Waals surface area contributed by atoms with Gasteiger partial charge in [-0.3, -0.25) is 4.79 Å². The maximum Gasteiger partial charge on any atom is 0.347 e. The largest absolute Gasteiger partial charge is 0.508 e. The molecule has 28 heavy (non-hydrogen) atoms. The molecule has 0 heterocycles. The summed E-state index contributed by atoms with van der Waals surface area (Å²) in [5, 5.41) is 20.1. The Hall–Kier alpha value is -3.02. The highest BCUT2D eigenvalue weighted by atomic mass is 16.5. The zero-order chi connectivity index (χ0) is 21.2. The van der Waals surface area contributed by atoms with Crippen molar-refractivity contribution in [2.75, 3.05) is 7.11 Å². The molecule has 2 N–H and O–H groups in total. The molecule has 2 rings (SSSR count). The Morgan fingerprint density at radius 1 is 0.929 bits per heavy atom. The molecular formula is C22H26O6. The van der Waals surface area contributed by atoms with E-state index in [4.69, 9.17) is 9.47 Å². The molecule has 0 aliphatic rings. The predicted molar refractivity (Wildman–Crippen MR) is 106 cm³/mol. The van der Waals surface area contributed by atoms with Gasteiger partial charge in [0.05, 0.1) is 12.7 Å². The van der Waals surface area contributed by atoms with Crippen molar-refractivity contribution in [2.45, 2.75) is 47.5 Å². The first-order valence-electron chi connectivity index (χ1n) is 9.09. The van der Waals surface area contributed by atoms with E-state index in [1.54, 1.807) is 20.8 Å². The van der Waals surface area contributed by atoms with E-state index >= 15 is 0 Å². The van der Waals surface area contributed by atoms with Gasteiger partial charge < -0.3 is 19.7 Å². The second-order valence-corrected chi connectivity index (χ2v) is 6.83. The molecular weight excluding hydrogens is 360 g/mol. The number of benzene rings is 2. The Morgan fingerprint density at radius 2 is 1.57 bits per heavy atom. The highest BCUT2D eigenvalue weighted by Gasteiger charge is 2.24. The van der Waals surface area contributed by atoms with Crippen molar-refractivity contribution in [3.63, 3.8) is 0 Å². The van der Waals surface area contributed by atoms with E-state index < -0.39 is 5.97 Å². The van der Waals surface area contributed by atoms with Gasteiger partial charge in [0.2, 0.25) is 0 Å². The van der Waals surface area contributed by atoms with E-state index in [1.165, 1.54) is 26.2 Å². The lowest BCUT2D eigenvalue weighted by Crippen LogP contribution is -2.14. The number of phenols is 2. The SMILES string of the molecule is CCCC(=O)c1c(OC)cc(OC(=O)c2c(C)cc(O)c(C)c2O)c(C)c1C. The summed E-state index contributed by atoms with van der Waals surface area (Å²) in [6, 6.07) is 2.92. The first-order chi connectivity index (χ1) is 13.1. The third-order valence-electron chi connectivity index (χ3n) is 4.92. The Labute approximate surface area is 164 Å². The van der Waals surface area contributed by atoms with Crippen LogP contribution in [0.3, 0.4) is 0 Å². The van der Waals surface area contributed by atoms with Gasteiger partial charge in [-0.05, 0) is 56.9 Å². The molecule has 0 aliphatic carbocycles. The molecule has 0 aliphatic heterocycles. The van der Waals surface area contributed by atoms with Crippen LogP contribution in [0.4, 0.5) is 0 Å². The third kappa shape index (κ3) is 3.81. The zero-order valence-corrected chi connectivity index (χ0v) is 17.1. The molecule has 0 saturated carbocycles. The number of aryl methyl sites for hydroxylation is 1. The van der Waals surface area contributed by atoms with Gasteiger partial charge in [-0.25, -0.2) is 4.79 Å². The number of methoxy groups -OCH3 is 1. The average Bonchev–Trinajstić information content (AvgIpc) is 2.63. The van der Waals surface area contributed by atoms with Crippen molar-refractivity contribution >= 4 is 11.8 Å². The Morgan fingerprint density at radius 3 is 2.14 bits per heavy atom. The van der Waals surface area contributed by atoms with Gasteiger partial charge in [-0.2, -0.15) is 0 Å². The van der Waals surface area contributed by atoms with Crippen LogP contribution in [-0.2, 0) is 0 Å². The van der Waals surface area contributed by atoms with E-state index in [2.05, 4.69) is 0 Å². The van der Waals surface area contributed by atoms with Crippen LogP contribution in [0.25, 0.3) is 0 Å². The van der Waals surface area contributed by atoms with Crippen molar-refractivity contribution in [1.29, 1.82) is 0 Å². The lowest BCUT2D eigenvalue weighted by molar-refractivity contribution is 0.0729. The maximum atomic E-state index is 12.7. The Bertz CT molecular complexity index is 943. The molecule has 0 unspecified atom stereocenters. The predicted octanol–water partition coefficient (Wildman–Crippen LogP) is 4.54. The smallest absolute Gasteiger partial charge is 0.347 e. The minimum atomic E-state index is -0.754. The molecule has 0 bridgehead atoms. The molecule has 2 aromatic carbocycles. The van der Waals surface area contributed by atoms with Crippen molar-refractivity contribution in [3.8, 4) is 23.0 Å². The highest BCUT2D eigenvalue weighted by Crippen LogP contribution is 2.36. The fourth-order valence-electron chi connectivity index (χ4n) is 3.11. The molecule has 0 aromatic heterocycles. The standard InChI is InChI=1S/C22H26O6/c1-7-8-15(23)20-13(4)12(3)17(10-18(20)27-6)28-22(26)19-11(2)9-16(24)14(5)21(19)25/h9-10,24-25H,7-8H2,1-6H3. The fraction of sp³-hybridized carbons (Fsp3) is 0.364. The molecule has 0 atom stereocenters. The van der Waals surface area contributed by atoms with Crippen molar-refractivity contribution < 1.29 is 29.3 Å². The van der Waals surface area contributed by atoms with Crippen LogP contribution in [-0.4, -0.2) is 29.1 Å². The second-order valence-electron chi connectivity index (χ2n) is 6.83. The molecule has 0 spiro atoms. The van der Waals surface area contributed by atoms with Gasteiger partial charge in [-0.15, -0.1) is 0 Å². The number of carbonyl (C=O) groups excluding carboxylic acids is 2. The van der Waals surface area contributed by atoms with Crippen LogP contribution < -0.4 is 9.47 Å². The number of esters is 1. The summed E-state index contributed by atoms with van der Waals surface area (Å²) < 4.78 is 10.9. The Kier molecular flexibility index (Phi) is 6.33. The van der Waals surface area contributed by atoms with Gasteiger partial charge in [0.25, 0.3) is 0 Å². The van der Waals surface area contributed by atoms with Crippen LogP contribution >= 0.6 is 0 Å². The van der Waals surface area contributed by atoms with Gasteiger partial charge in [0, 0.05) is 18.1 Å². The van der Waals surface area contributed by atoms with E-state index in [-0.39, 0.29) is 34.2 Å². The number of Topliss-reactive ketones (excluding diaryl/α,β-unsaturated/α-hetero) is 1. The van der Waals surface area contributed by atoms with E-state index in [9.17, 15) is 19.8 Å². The quantitative estimate of drug-likeness (QED) is 0.430. The van der Waals surface area contributed by atoms with Gasteiger partial charge in [0.15, 0.2) is 5.78 Å². The molecule has 0 amide bonds. The van der Waals surface area contributed by atoms with E-state index in [1.807, 2.05) is 6.92 Å². The normalized spacial score (nSPS) is 10.6. The molecule has 6 heteroatoms. The summed E-state index contributed by atoms with van der Waals surface area (Å²) in [5.41, 5.74) is 2.38. The maximum absolute atomic E-state index is 12.7. The lowest BCUT2D eigenvalue weighted by atomic mass is 9.96. The number of rotatable bonds is 6. The van der Waals surface area contributed by atoms with Crippen LogP contribution in [0.2, 0.25) is 0 Å². The summed E-state index contributed by atoms with van der Waals surface area (Å²) in [4.78, 5) is 25.2. The number of ether oxygens (including phenoxy) is 2. The average molecular weight is 386 g/mol. The van der Waals surface area contributed by atoms with Gasteiger partial charge in [-0.1, -0.05) is 6.92 Å². The summed E-state index contributed by atoms with van der Waals surface area (Å²) in [5.74, 6) is -0.613. The monoisotopic (exact) mass is 386 g/mol. The number of hydrogen-bond acceptors (Lipinski definition) is 6. The first-order valence-corrected chi connectivity index (χ1v) is 9.09. The summed E-state index contributed by atoms with van der Waals surface area (Å²) in [6.07, 6.45) is 1.12. The van der Waals surface area contributed by atoms with Crippen molar-refractivity contribution in [2.24, 2.45) is 0 Å². The Balaban J connectivity index is 2.51. The van der Waals surface area contributed by atoms with Crippen LogP contribution in [0.5, 0.6) is 23.0 Å². The second kappa shape index (κ2) is 8.33. The minimum Gasteiger partial charge on any atom is -0.508 e. The van der Waals surface area contributed by atoms with E-state index in [0.717, 1.165) is 6.42 Å². The third-order valence-corrected chi connectivity index (χ3v) is 4.92. The topological polar surface area (TPSA) is 93.1 Å². The zero-order valence-electron chi connectivity index (χ0n) is 17.1. The molecule has 0 fully saturated rings. The summed E-state index contributed by atoms with van der Waals surface area (Å²) in [7, 11) is 1.46. The molecule has 150 valence electrons. The fourth-order valence-corrected chi connectivity index (χ4v) is 3.11. The van der Waals surface area contributed by atoms with Gasteiger partial charge >= 0.3 is 5.97 Å². The van der Waals surface area contributed by atoms with Crippen molar-refractivity contribution in [3.05, 3.63) is 45.5 Å². The van der Waals surface area contributed by atoms with Crippen LogP contribution in [0, 0.1) is 27.7 Å². The first kappa shape index (κ1) is 21.3. The number of ketones is 1. The number of carbonyl (C=O) groups is 2. The van der Waals surface area contributed by atoms with Crippen molar-refractivity contribution in [1.82, 2.24) is 0 Å². The summed E-state index contributed by atoms with van der Waals surface area (Å²) >= 11 is 0. The van der Waals surface area contributed by atoms with Crippen LogP contribution in [0.15, 0.2) is 12.1 Å². The molecule has 2 aromatic rings. The number of phenolic OH excluding ortho intramolecular Hbond substituents is 2. The molecule has 6 nitrogen and oxygen atoms in total. The highest BCUT2D eigenvalue weighted by molar-refractivity contribution is 6.01. The minimum absolute atomic E-state index is 0.0162. The van der Waals surface area contributed by atoms with Gasteiger partial charge in [0.1, 0.15) is 28.6 Å². The van der Waals surface area contributed by atoms with Crippen LogP contribution in [0.1, 0.15) is 62.7 Å². The number of hydrogen-bond donors (Lipinski definition) is 2. The van der Waals surface area contributed by atoms with E-state index in [0.29, 0.717) is 34.4 Å². The molecule has 0 radical (unpaired) electrons. The number of aromatic hydroxyl groups is 2. The lowest BCUT2D eigenvalue weighted by Gasteiger charge is -2.18. The molecule has 0 saturated heterocycles. The summed E-state index contributed by atoms with van der Waals surface area (Å²) in [6.45, 7) is 8.58.